The van der Waals surface area contributed by atoms with Gasteiger partial charge in [-0.1, -0.05) is 12.1 Å². The lowest BCUT2D eigenvalue weighted by molar-refractivity contribution is 0.122. The zero-order valence-corrected chi connectivity index (χ0v) is 14.3. The van der Waals surface area contributed by atoms with Gasteiger partial charge in [0.1, 0.15) is 5.82 Å². The third-order valence-electron chi connectivity index (χ3n) is 4.01. The van der Waals surface area contributed by atoms with Crippen molar-refractivity contribution >= 4 is 11.8 Å². The molecule has 0 aliphatic carbocycles. The summed E-state index contributed by atoms with van der Waals surface area (Å²) < 4.78 is 5.41. The predicted octanol–water partition coefficient (Wildman–Crippen LogP) is 0.960. The van der Waals surface area contributed by atoms with Crippen molar-refractivity contribution < 1.29 is 4.74 Å². The van der Waals surface area contributed by atoms with Gasteiger partial charge in [0.15, 0.2) is 5.96 Å². The first kappa shape index (κ1) is 17.2. The van der Waals surface area contributed by atoms with Crippen LogP contribution in [-0.2, 0) is 17.7 Å². The highest BCUT2D eigenvalue weighted by atomic mass is 16.5. The zero-order valence-electron chi connectivity index (χ0n) is 14.3. The van der Waals surface area contributed by atoms with Crippen LogP contribution in [0.1, 0.15) is 11.3 Å². The van der Waals surface area contributed by atoms with E-state index in [4.69, 9.17) is 10.5 Å². The Kier molecular flexibility index (Phi) is 6.17. The van der Waals surface area contributed by atoms with Crippen molar-refractivity contribution in [2.45, 2.75) is 13.0 Å². The average Bonchev–Trinajstić information content (AvgIpc) is 2.68. The summed E-state index contributed by atoms with van der Waals surface area (Å²) in [5.41, 5.74) is 8.08. The maximum Gasteiger partial charge on any atom is 0.188 e. The van der Waals surface area contributed by atoms with E-state index in [9.17, 15) is 0 Å². The molecule has 3 heterocycles. The van der Waals surface area contributed by atoms with Crippen LogP contribution >= 0.6 is 0 Å². The van der Waals surface area contributed by atoms with Crippen molar-refractivity contribution in [2.75, 3.05) is 37.7 Å². The lowest BCUT2D eigenvalue weighted by atomic mass is 10.2. The Morgan fingerprint density at radius 3 is 2.80 bits per heavy atom. The summed E-state index contributed by atoms with van der Waals surface area (Å²) in [4.78, 5) is 15.5. The van der Waals surface area contributed by atoms with E-state index >= 15 is 0 Å². The quantitative estimate of drug-likeness (QED) is 0.601. The van der Waals surface area contributed by atoms with Crippen molar-refractivity contribution in [1.29, 1.82) is 0 Å². The predicted molar refractivity (Wildman–Crippen MR) is 98.5 cm³/mol. The number of aliphatic imine (C=N–C) groups is 1. The van der Waals surface area contributed by atoms with Gasteiger partial charge in [0.25, 0.3) is 0 Å². The van der Waals surface area contributed by atoms with E-state index in [0.29, 0.717) is 19.0 Å². The second-order valence-corrected chi connectivity index (χ2v) is 5.78. The molecular formula is C18H24N6O. The SMILES string of the molecule is NC(=NCc1cccnc1N1CCOCC1)NCCc1ccccn1. The number of pyridine rings is 2. The molecule has 0 spiro atoms. The van der Waals surface area contributed by atoms with Crippen molar-refractivity contribution in [2.24, 2.45) is 10.7 Å². The van der Waals surface area contributed by atoms with Crippen LogP contribution in [0.3, 0.4) is 0 Å². The lowest BCUT2D eigenvalue weighted by Crippen LogP contribution is -2.37. The molecule has 1 aliphatic rings. The van der Waals surface area contributed by atoms with Gasteiger partial charge in [-0.2, -0.15) is 0 Å². The maximum absolute atomic E-state index is 5.98. The van der Waals surface area contributed by atoms with Gasteiger partial charge in [-0.25, -0.2) is 9.98 Å². The number of nitrogens with two attached hydrogens (primary N) is 1. The van der Waals surface area contributed by atoms with Gasteiger partial charge in [0.2, 0.25) is 0 Å². The molecule has 0 radical (unpaired) electrons. The van der Waals surface area contributed by atoms with E-state index in [0.717, 1.165) is 49.8 Å². The summed E-state index contributed by atoms with van der Waals surface area (Å²) in [6, 6.07) is 9.86. The molecular weight excluding hydrogens is 316 g/mol. The summed E-state index contributed by atoms with van der Waals surface area (Å²) >= 11 is 0. The topological polar surface area (TPSA) is 88.7 Å². The van der Waals surface area contributed by atoms with Crippen LogP contribution in [-0.4, -0.2) is 48.8 Å². The van der Waals surface area contributed by atoms with Gasteiger partial charge in [-0.3, -0.25) is 4.98 Å². The van der Waals surface area contributed by atoms with Crippen molar-refractivity contribution in [3.8, 4) is 0 Å². The first-order chi connectivity index (χ1) is 12.3. The Labute approximate surface area is 147 Å². The van der Waals surface area contributed by atoms with E-state index in [1.165, 1.54) is 0 Å². The third-order valence-corrected chi connectivity index (χ3v) is 4.01. The molecule has 2 aromatic rings. The molecule has 3 rings (SSSR count). The molecule has 0 aromatic carbocycles. The molecule has 25 heavy (non-hydrogen) atoms. The van der Waals surface area contributed by atoms with E-state index in [1.807, 2.05) is 36.5 Å². The van der Waals surface area contributed by atoms with Gasteiger partial charge in [0.05, 0.1) is 19.8 Å². The van der Waals surface area contributed by atoms with Crippen LogP contribution in [0.5, 0.6) is 0 Å². The standard InChI is InChI=1S/C18H24N6O/c19-18(22-9-6-16-5-1-2-7-20-16)23-14-15-4-3-8-21-17(15)24-10-12-25-13-11-24/h1-5,7-8H,6,9-14H2,(H3,19,22,23). The number of aromatic nitrogens is 2. The smallest absolute Gasteiger partial charge is 0.188 e. The van der Waals surface area contributed by atoms with Crippen molar-refractivity contribution in [1.82, 2.24) is 15.3 Å². The van der Waals surface area contributed by atoms with Crippen LogP contribution in [0.25, 0.3) is 0 Å². The van der Waals surface area contributed by atoms with Gasteiger partial charge in [-0.15, -0.1) is 0 Å². The highest BCUT2D eigenvalue weighted by molar-refractivity contribution is 5.77. The molecule has 1 aliphatic heterocycles. The molecule has 0 saturated carbocycles. The molecule has 1 saturated heterocycles. The molecule has 1 fully saturated rings. The molecule has 132 valence electrons. The fourth-order valence-electron chi connectivity index (χ4n) is 2.70. The monoisotopic (exact) mass is 340 g/mol. The molecule has 0 bridgehead atoms. The van der Waals surface area contributed by atoms with Gasteiger partial charge in [0, 0.05) is 49.7 Å². The van der Waals surface area contributed by atoms with Crippen LogP contribution in [0.4, 0.5) is 5.82 Å². The number of guanidine groups is 1. The summed E-state index contributed by atoms with van der Waals surface area (Å²) in [6.07, 6.45) is 4.41. The van der Waals surface area contributed by atoms with Crippen LogP contribution < -0.4 is 16.0 Å². The second kappa shape index (κ2) is 8.98. The third kappa shape index (κ3) is 5.15. The highest BCUT2D eigenvalue weighted by Gasteiger charge is 2.15. The summed E-state index contributed by atoms with van der Waals surface area (Å²) in [7, 11) is 0. The van der Waals surface area contributed by atoms with E-state index in [2.05, 4.69) is 25.2 Å². The maximum atomic E-state index is 5.98. The Bertz CT molecular complexity index is 685. The lowest BCUT2D eigenvalue weighted by Gasteiger charge is -2.29. The fourth-order valence-corrected chi connectivity index (χ4v) is 2.70. The first-order valence-electron chi connectivity index (χ1n) is 8.53. The van der Waals surface area contributed by atoms with Crippen LogP contribution in [0.2, 0.25) is 0 Å². The molecule has 7 heteroatoms. The average molecular weight is 340 g/mol. The van der Waals surface area contributed by atoms with E-state index < -0.39 is 0 Å². The van der Waals surface area contributed by atoms with Gasteiger partial charge < -0.3 is 20.7 Å². The number of rotatable bonds is 6. The molecule has 3 N–H and O–H groups in total. The van der Waals surface area contributed by atoms with E-state index in [1.54, 1.807) is 6.20 Å². The molecule has 0 atom stereocenters. The summed E-state index contributed by atoms with van der Waals surface area (Å²) in [5, 5.41) is 3.13. The van der Waals surface area contributed by atoms with Gasteiger partial charge in [-0.05, 0) is 18.2 Å². The molecule has 0 unspecified atom stereocenters. The number of hydrogen-bond donors (Lipinski definition) is 2. The summed E-state index contributed by atoms with van der Waals surface area (Å²) in [5.74, 6) is 1.41. The fraction of sp³-hybridized carbons (Fsp3) is 0.389. The Balaban J connectivity index is 1.54. The molecule has 7 nitrogen and oxygen atoms in total. The normalized spacial score (nSPS) is 15.2. The van der Waals surface area contributed by atoms with E-state index in [-0.39, 0.29) is 0 Å². The van der Waals surface area contributed by atoms with Crippen molar-refractivity contribution in [3.63, 3.8) is 0 Å². The Morgan fingerprint density at radius 2 is 2.00 bits per heavy atom. The molecule has 2 aromatic heterocycles. The van der Waals surface area contributed by atoms with Crippen molar-refractivity contribution in [3.05, 3.63) is 54.0 Å². The van der Waals surface area contributed by atoms with Gasteiger partial charge >= 0.3 is 0 Å². The molecule has 0 amide bonds. The number of ether oxygens (including phenoxy) is 1. The number of morpholine rings is 1. The first-order valence-corrected chi connectivity index (χ1v) is 8.53. The number of anilines is 1. The minimum absolute atomic E-state index is 0.438. The highest BCUT2D eigenvalue weighted by Crippen LogP contribution is 2.19. The van der Waals surface area contributed by atoms with Crippen LogP contribution in [0, 0.1) is 0 Å². The van der Waals surface area contributed by atoms with Crippen LogP contribution in [0.15, 0.2) is 47.7 Å². The second-order valence-electron chi connectivity index (χ2n) is 5.78. The minimum atomic E-state index is 0.438. The number of hydrogen-bond acceptors (Lipinski definition) is 5. The Morgan fingerprint density at radius 1 is 1.16 bits per heavy atom. The Hall–Kier alpha value is -2.67. The number of nitrogens with zero attached hydrogens (tertiary/aromatic N) is 4. The minimum Gasteiger partial charge on any atom is -0.378 e. The zero-order chi connectivity index (χ0) is 17.3. The summed E-state index contributed by atoms with van der Waals surface area (Å²) in [6.45, 7) is 4.38. The largest absolute Gasteiger partial charge is 0.378 e. The number of nitrogens with one attached hydrogen (secondary N) is 1.